The van der Waals surface area contributed by atoms with E-state index in [9.17, 15) is 0 Å². The molecule has 2 unspecified atom stereocenters. The third-order valence-corrected chi connectivity index (χ3v) is 3.79. The zero-order valence-electron chi connectivity index (χ0n) is 12.1. The molecule has 1 aromatic rings. The van der Waals surface area contributed by atoms with Crippen molar-refractivity contribution < 1.29 is 4.74 Å². The number of ether oxygens (including phenoxy) is 1. The van der Waals surface area contributed by atoms with Crippen LogP contribution in [-0.4, -0.2) is 35.7 Å². The second kappa shape index (κ2) is 6.19. The molecule has 1 aliphatic heterocycles. The maximum atomic E-state index is 6.04. The van der Waals surface area contributed by atoms with Crippen LogP contribution in [0.2, 0.25) is 0 Å². The first kappa shape index (κ1) is 14.1. The van der Waals surface area contributed by atoms with E-state index in [1.807, 2.05) is 13.8 Å². The van der Waals surface area contributed by atoms with Crippen molar-refractivity contribution in [3.8, 4) is 5.88 Å². The van der Waals surface area contributed by atoms with Crippen molar-refractivity contribution in [2.45, 2.75) is 39.7 Å². The Bertz CT molecular complexity index is 422. The summed E-state index contributed by atoms with van der Waals surface area (Å²) in [6.07, 6.45) is 3.96. The first-order valence-corrected chi connectivity index (χ1v) is 7.08. The van der Waals surface area contributed by atoms with Gasteiger partial charge in [0.25, 0.3) is 0 Å². The van der Waals surface area contributed by atoms with Crippen LogP contribution in [0.5, 0.6) is 5.88 Å². The second-order valence-electron chi connectivity index (χ2n) is 5.27. The van der Waals surface area contributed by atoms with E-state index in [1.165, 1.54) is 12.8 Å². The van der Waals surface area contributed by atoms with Crippen molar-refractivity contribution in [1.82, 2.24) is 9.97 Å². The van der Waals surface area contributed by atoms with Gasteiger partial charge in [-0.15, -0.1) is 0 Å². The largest absolute Gasteiger partial charge is 0.478 e. The predicted octanol–water partition coefficient (Wildman–Crippen LogP) is 1.75. The molecule has 19 heavy (non-hydrogen) atoms. The molecule has 0 radical (unpaired) electrons. The summed E-state index contributed by atoms with van der Waals surface area (Å²) < 4.78 is 5.54. The minimum atomic E-state index is 0.233. The fraction of sp³-hybridized carbons (Fsp3) is 0.714. The van der Waals surface area contributed by atoms with Crippen LogP contribution in [0.3, 0.4) is 0 Å². The Balaban J connectivity index is 2.19. The van der Waals surface area contributed by atoms with Crippen LogP contribution in [-0.2, 0) is 0 Å². The smallest absolute Gasteiger partial charge is 0.221 e. The van der Waals surface area contributed by atoms with Gasteiger partial charge in [0.1, 0.15) is 12.1 Å². The maximum absolute atomic E-state index is 6.04. The summed E-state index contributed by atoms with van der Waals surface area (Å²) in [5.74, 6) is 2.22. The lowest BCUT2D eigenvalue weighted by Gasteiger charge is -2.36. The zero-order valence-corrected chi connectivity index (χ0v) is 12.1. The Hall–Kier alpha value is -1.36. The molecule has 1 fully saturated rings. The van der Waals surface area contributed by atoms with Gasteiger partial charge in [0.15, 0.2) is 0 Å². The number of anilines is 1. The Kier molecular flexibility index (Phi) is 4.58. The zero-order chi connectivity index (χ0) is 13.8. The number of aromatic nitrogens is 2. The first-order chi connectivity index (χ1) is 9.13. The van der Waals surface area contributed by atoms with Gasteiger partial charge in [-0.2, -0.15) is 0 Å². The highest BCUT2D eigenvalue weighted by Gasteiger charge is 2.25. The Morgan fingerprint density at radius 3 is 3.00 bits per heavy atom. The second-order valence-corrected chi connectivity index (χ2v) is 5.27. The molecule has 5 nitrogen and oxygen atoms in total. The molecule has 2 heterocycles. The average Bonchev–Trinajstić information content (AvgIpc) is 2.41. The molecule has 0 spiro atoms. The molecule has 2 rings (SSSR count). The Labute approximate surface area is 115 Å². The minimum Gasteiger partial charge on any atom is -0.478 e. The summed E-state index contributed by atoms with van der Waals surface area (Å²) in [7, 11) is 0. The van der Waals surface area contributed by atoms with Gasteiger partial charge in [0.05, 0.1) is 12.2 Å². The SMILES string of the molecule is CCOc1ncnc(N2CCCC(C(C)N)C2)c1C. The van der Waals surface area contributed by atoms with E-state index in [0.29, 0.717) is 18.4 Å². The number of rotatable bonds is 4. The third-order valence-electron chi connectivity index (χ3n) is 3.79. The molecular formula is C14H24N4O. The quantitative estimate of drug-likeness (QED) is 0.897. The summed E-state index contributed by atoms with van der Waals surface area (Å²) in [6.45, 7) is 8.71. The summed E-state index contributed by atoms with van der Waals surface area (Å²) >= 11 is 0. The highest BCUT2D eigenvalue weighted by molar-refractivity contribution is 5.50. The Morgan fingerprint density at radius 1 is 1.53 bits per heavy atom. The Morgan fingerprint density at radius 2 is 2.32 bits per heavy atom. The average molecular weight is 264 g/mol. The first-order valence-electron chi connectivity index (χ1n) is 7.08. The van der Waals surface area contributed by atoms with E-state index in [2.05, 4.69) is 21.8 Å². The van der Waals surface area contributed by atoms with Gasteiger partial charge in [-0.25, -0.2) is 9.97 Å². The van der Waals surface area contributed by atoms with Gasteiger partial charge in [-0.05, 0) is 39.5 Å². The van der Waals surface area contributed by atoms with Gasteiger partial charge >= 0.3 is 0 Å². The molecule has 0 amide bonds. The predicted molar refractivity (Wildman–Crippen MR) is 76.5 cm³/mol. The van der Waals surface area contributed by atoms with Crippen molar-refractivity contribution in [3.63, 3.8) is 0 Å². The molecule has 0 aromatic carbocycles. The van der Waals surface area contributed by atoms with Crippen LogP contribution in [0.25, 0.3) is 0 Å². The van der Waals surface area contributed by atoms with E-state index >= 15 is 0 Å². The van der Waals surface area contributed by atoms with Crippen LogP contribution in [0, 0.1) is 12.8 Å². The number of piperidine rings is 1. The van der Waals surface area contributed by atoms with Gasteiger partial charge < -0.3 is 15.4 Å². The van der Waals surface area contributed by atoms with Crippen molar-refractivity contribution >= 4 is 5.82 Å². The van der Waals surface area contributed by atoms with Crippen LogP contribution < -0.4 is 15.4 Å². The summed E-state index contributed by atoms with van der Waals surface area (Å²) in [6, 6.07) is 0.233. The fourth-order valence-electron chi connectivity index (χ4n) is 2.66. The highest BCUT2D eigenvalue weighted by atomic mass is 16.5. The standard InChI is InChI=1S/C14H24N4O/c1-4-19-14-10(2)13(16-9-17-14)18-7-5-6-12(8-18)11(3)15/h9,11-12H,4-8,15H2,1-3H3. The maximum Gasteiger partial charge on any atom is 0.221 e. The van der Waals surface area contributed by atoms with E-state index in [1.54, 1.807) is 6.33 Å². The van der Waals surface area contributed by atoms with Crippen LogP contribution in [0.4, 0.5) is 5.82 Å². The monoisotopic (exact) mass is 264 g/mol. The van der Waals surface area contributed by atoms with E-state index in [0.717, 1.165) is 24.5 Å². The van der Waals surface area contributed by atoms with E-state index in [-0.39, 0.29) is 6.04 Å². The van der Waals surface area contributed by atoms with Crippen LogP contribution in [0.1, 0.15) is 32.3 Å². The normalized spacial score (nSPS) is 21.3. The number of nitrogens with two attached hydrogens (primary N) is 1. The molecule has 1 aromatic heterocycles. The molecule has 1 aliphatic rings. The van der Waals surface area contributed by atoms with Gasteiger partial charge in [0, 0.05) is 19.1 Å². The van der Waals surface area contributed by atoms with Crippen molar-refractivity contribution in [3.05, 3.63) is 11.9 Å². The minimum absolute atomic E-state index is 0.233. The van der Waals surface area contributed by atoms with Crippen LogP contribution in [0.15, 0.2) is 6.33 Å². The molecule has 2 atom stereocenters. The van der Waals surface area contributed by atoms with Gasteiger partial charge in [-0.1, -0.05) is 0 Å². The van der Waals surface area contributed by atoms with E-state index < -0.39 is 0 Å². The van der Waals surface area contributed by atoms with Gasteiger partial charge in [0.2, 0.25) is 5.88 Å². The van der Waals surface area contributed by atoms with Crippen molar-refractivity contribution in [2.24, 2.45) is 11.7 Å². The number of nitrogens with zero attached hydrogens (tertiary/aromatic N) is 3. The fourth-order valence-corrected chi connectivity index (χ4v) is 2.66. The third kappa shape index (κ3) is 3.15. The molecule has 1 saturated heterocycles. The van der Waals surface area contributed by atoms with E-state index in [4.69, 9.17) is 10.5 Å². The molecule has 5 heteroatoms. The van der Waals surface area contributed by atoms with Crippen LogP contribution >= 0.6 is 0 Å². The molecule has 0 aliphatic carbocycles. The number of hydrogen-bond donors (Lipinski definition) is 1. The van der Waals surface area contributed by atoms with Gasteiger partial charge in [-0.3, -0.25) is 0 Å². The molecule has 0 saturated carbocycles. The summed E-state index contributed by atoms with van der Waals surface area (Å²) in [4.78, 5) is 10.9. The molecule has 0 bridgehead atoms. The number of hydrogen-bond acceptors (Lipinski definition) is 5. The lowest BCUT2D eigenvalue weighted by Crippen LogP contribution is -2.43. The molecule has 2 N–H and O–H groups in total. The topological polar surface area (TPSA) is 64.3 Å². The van der Waals surface area contributed by atoms with Crippen molar-refractivity contribution in [2.75, 3.05) is 24.6 Å². The summed E-state index contributed by atoms with van der Waals surface area (Å²) in [5, 5.41) is 0. The molecular weight excluding hydrogens is 240 g/mol. The molecule has 106 valence electrons. The highest BCUT2D eigenvalue weighted by Crippen LogP contribution is 2.28. The summed E-state index contributed by atoms with van der Waals surface area (Å²) in [5.41, 5.74) is 7.06. The lowest BCUT2D eigenvalue weighted by atomic mass is 9.92. The van der Waals surface area contributed by atoms with Crippen molar-refractivity contribution in [1.29, 1.82) is 0 Å². The lowest BCUT2D eigenvalue weighted by molar-refractivity contribution is 0.322.